The van der Waals surface area contributed by atoms with Crippen LogP contribution in [0.2, 0.25) is 0 Å². The van der Waals surface area contributed by atoms with Crippen LogP contribution in [0.15, 0.2) is 48.3 Å². The fourth-order valence-corrected chi connectivity index (χ4v) is 1.92. The first-order valence-electron chi connectivity index (χ1n) is 5.32. The van der Waals surface area contributed by atoms with Gasteiger partial charge in [-0.1, -0.05) is 37.3 Å². The summed E-state index contributed by atoms with van der Waals surface area (Å²) >= 11 is 0. The zero-order valence-electron chi connectivity index (χ0n) is 9.43. The van der Waals surface area contributed by atoms with Crippen LogP contribution in [-0.2, 0) is 0 Å². The highest BCUT2D eigenvalue weighted by Crippen LogP contribution is 2.29. The molecular weight excluding hydrogens is 216 g/mol. The van der Waals surface area contributed by atoms with E-state index in [4.69, 9.17) is 0 Å². The molecule has 1 unspecified atom stereocenters. The fourth-order valence-electron chi connectivity index (χ4n) is 1.92. The first kappa shape index (κ1) is 11.3. The first-order valence-corrected chi connectivity index (χ1v) is 5.32. The van der Waals surface area contributed by atoms with Crippen LogP contribution in [-0.4, -0.2) is 16.7 Å². The summed E-state index contributed by atoms with van der Waals surface area (Å²) in [5.74, 6) is -1.60. The van der Waals surface area contributed by atoms with Gasteiger partial charge in [-0.25, -0.2) is 0 Å². The second-order valence-electron chi connectivity index (χ2n) is 3.99. The number of fused-ring (bicyclic) bond motifs is 1. The van der Waals surface area contributed by atoms with Crippen LogP contribution in [0.3, 0.4) is 0 Å². The molecule has 0 aromatic heterocycles. The first-order chi connectivity index (χ1) is 8.07. The molecular formula is C14H12O3. The predicted octanol–water partition coefficient (Wildman–Crippen LogP) is 2.70. The molecule has 0 aliphatic heterocycles. The second kappa shape index (κ2) is 4.01. The lowest BCUT2D eigenvalue weighted by Gasteiger charge is -2.19. The van der Waals surface area contributed by atoms with Crippen molar-refractivity contribution in [1.82, 2.24) is 0 Å². The van der Waals surface area contributed by atoms with Gasteiger partial charge < -0.3 is 5.11 Å². The summed E-state index contributed by atoms with van der Waals surface area (Å²) in [4.78, 5) is 24.1. The van der Waals surface area contributed by atoms with Gasteiger partial charge in [0.25, 0.3) is 0 Å². The van der Waals surface area contributed by atoms with Gasteiger partial charge in [0.2, 0.25) is 5.78 Å². The van der Waals surface area contributed by atoms with Gasteiger partial charge in [0, 0.05) is 17.0 Å². The molecule has 1 atom stereocenters. The minimum absolute atomic E-state index is 0.128. The van der Waals surface area contributed by atoms with Crippen LogP contribution in [0.5, 0.6) is 0 Å². The zero-order valence-corrected chi connectivity index (χ0v) is 9.43. The summed E-state index contributed by atoms with van der Waals surface area (Å²) < 4.78 is 0. The molecule has 0 heterocycles. The van der Waals surface area contributed by atoms with Gasteiger partial charge in [-0.05, 0) is 0 Å². The third-order valence-electron chi connectivity index (χ3n) is 2.94. The molecule has 1 N–H and O–H groups in total. The molecule has 1 aliphatic rings. The third-order valence-corrected chi connectivity index (χ3v) is 2.94. The Bertz CT molecular complexity index is 552. The molecule has 1 aromatic rings. The maximum absolute atomic E-state index is 12.2. The number of ketones is 2. The number of aliphatic hydroxyl groups excluding tert-OH is 1. The molecule has 17 heavy (non-hydrogen) atoms. The van der Waals surface area contributed by atoms with Crippen LogP contribution in [0.1, 0.15) is 27.6 Å². The molecule has 3 heteroatoms. The van der Waals surface area contributed by atoms with Gasteiger partial charge in [-0.3, -0.25) is 9.59 Å². The van der Waals surface area contributed by atoms with Gasteiger partial charge in [-0.15, -0.1) is 6.58 Å². The Balaban J connectivity index is 2.66. The lowest BCUT2D eigenvalue weighted by molar-refractivity contribution is 0.0923. The summed E-state index contributed by atoms with van der Waals surface area (Å²) in [7, 11) is 0. The Morgan fingerprint density at radius 2 is 1.71 bits per heavy atom. The summed E-state index contributed by atoms with van der Waals surface area (Å²) in [6.45, 7) is 5.30. The van der Waals surface area contributed by atoms with Crippen molar-refractivity contribution in [1.29, 1.82) is 0 Å². The number of Topliss-reactive ketones (excluding diaryl/α,β-unsaturated/α-hetero) is 2. The largest absolute Gasteiger partial charge is 0.504 e. The topological polar surface area (TPSA) is 54.4 Å². The maximum atomic E-state index is 12.2. The summed E-state index contributed by atoms with van der Waals surface area (Å²) in [6, 6.07) is 6.50. The standard InChI is InChI=1S/C14H12O3/c1-3-8(2)11-12(15)9-6-4-5-7-10(9)13(16)14(11)17/h3-8,17H,1H2,2H3. The van der Waals surface area contributed by atoms with Crippen LogP contribution in [0, 0.1) is 5.92 Å². The molecule has 86 valence electrons. The molecule has 0 bridgehead atoms. The van der Waals surface area contributed by atoms with E-state index in [0.29, 0.717) is 5.56 Å². The van der Waals surface area contributed by atoms with Crippen LogP contribution < -0.4 is 0 Å². The van der Waals surface area contributed by atoms with Crippen molar-refractivity contribution in [2.24, 2.45) is 5.92 Å². The minimum Gasteiger partial charge on any atom is -0.504 e. The Kier molecular flexibility index (Phi) is 2.68. The van der Waals surface area contributed by atoms with Gasteiger partial charge in [0.05, 0.1) is 5.57 Å². The molecule has 0 amide bonds. The van der Waals surface area contributed by atoms with E-state index >= 15 is 0 Å². The van der Waals surface area contributed by atoms with Crippen molar-refractivity contribution in [3.8, 4) is 0 Å². The summed E-state index contributed by atoms with van der Waals surface area (Å²) in [5.41, 5.74) is 0.734. The van der Waals surface area contributed by atoms with E-state index in [2.05, 4.69) is 6.58 Å². The molecule has 1 aromatic carbocycles. The van der Waals surface area contributed by atoms with Crippen molar-refractivity contribution < 1.29 is 14.7 Å². The molecule has 0 saturated heterocycles. The average molecular weight is 228 g/mol. The Morgan fingerprint density at radius 1 is 1.18 bits per heavy atom. The molecule has 1 aliphatic carbocycles. The highest BCUT2D eigenvalue weighted by molar-refractivity contribution is 6.26. The van der Waals surface area contributed by atoms with E-state index in [1.165, 1.54) is 6.08 Å². The van der Waals surface area contributed by atoms with Crippen molar-refractivity contribution in [2.45, 2.75) is 6.92 Å². The van der Waals surface area contributed by atoms with E-state index in [9.17, 15) is 14.7 Å². The molecule has 0 saturated carbocycles. The molecule has 2 rings (SSSR count). The minimum atomic E-state index is -0.496. The quantitative estimate of drug-likeness (QED) is 0.792. The smallest absolute Gasteiger partial charge is 0.228 e. The van der Waals surface area contributed by atoms with Gasteiger partial charge in [0.1, 0.15) is 0 Å². The van der Waals surface area contributed by atoms with Crippen LogP contribution in [0.4, 0.5) is 0 Å². The monoisotopic (exact) mass is 228 g/mol. The maximum Gasteiger partial charge on any atom is 0.228 e. The molecule has 0 fully saturated rings. The van der Waals surface area contributed by atoms with Gasteiger partial charge in [-0.2, -0.15) is 0 Å². The number of benzene rings is 1. The SMILES string of the molecule is C=CC(C)C1=C(O)C(=O)c2ccccc2C1=O. The number of hydrogen-bond donors (Lipinski definition) is 1. The number of rotatable bonds is 2. The number of carbonyl (C=O) groups excluding carboxylic acids is 2. The third kappa shape index (κ3) is 1.60. The van der Waals surface area contributed by atoms with Crippen LogP contribution in [0.25, 0.3) is 0 Å². The Morgan fingerprint density at radius 3 is 2.24 bits per heavy atom. The molecule has 0 spiro atoms. The lowest BCUT2D eigenvalue weighted by atomic mass is 9.83. The second-order valence-corrected chi connectivity index (χ2v) is 3.99. The van der Waals surface area contributed by atoms with Crippen molar-refractivity contribution >= 4 is 11.6 Å². The van der Waals surface area contributed by atoms with E-state index in [0.717, 1.165) is 0 Å². The number of hydrogen-bond acceptors (Lipinski definition) is 3. The zero-order chi connectivity index (χ0) is 12.6. The average Bonchev–Trinajstić information content (AvgIpc) is 2.36. The lowest BCUT2D eigenvalue weighted by Crippen LogP contribution is -2.24. The summed E-state index contributed by atoms with van der Waals surface area (Å²) in [5, 5.41) is 9.82. The summed E-state index contributed by atoms with van der Waals surface area (Å²) in [6.07, 6.45) is 1.53. The highest BCUT2D eigenvalue weighted by atomic mass is 16.3. The molecule has 0 radical (unpaired) electrons. The van der Waals surface area contributed by atoms with E-state index in [1.807, 2.05) is 0 Å². The predicted molar refractivity (Wildman–Crippen MR) is 64.1 cm³/mol. The molecule has 3 nitrogen and oxygen atoms in total. The normalized spacial score (nSPS) is 16.8. The number of allylic oxidation sites excluding steroid dienone is 3. The van der Waals surface area contributed by atoms with E-state index < -0.39 is 11.5 Å². The van der Waals surface area contributed by atoms with E-state index in [1.54, 1.807) is 31.2 Å². The van der Waals surface area contributed by atoms with Crippen molar-refractivity contribution in [3.63, 3.8) is 0 Å². The Hall–Kier alpha value is -2.16. The van der Waals surface area contributed by atoms with Gasteiger partial charge in [0.15, 0.2) is 11.5 Å². The fraction of sp³-hybridized carbons (Fsp3) is 0.143. The van der Waals surface area contributed by atoms with Crippen molar-refractivity contribution in [2.75, 3.05) is 0 Å². The number of carbonyl (C=O) groups is 2. The Labute approximate surface area is 99.1 Å². The van der Waals surface area contributed by atoms with Crippen molar-refractivity contribution in [3.05, 3.63) is 59.4 Å². The van der Waals surface area contributed by atoms with E-state index in [-0.39, 0.29) is 22.8 Å². The van der Waals surface area contributed by atoms with Gasteiger partial charge >= 0.3 is 0 Å². The number of aliphatic hydroxyl groups is 1. The van der Waals surface area contributed by atoms with Crippen LogP contribution >= 0.6 is 0 Å². The highest BCUT2D eigenvalue weighted by Gasteiger charge is 2.33.